The zero-order chi connectivity index (χ0) is 26.6. The molecule has 1 saturated heterocycles. The Bertz CT molecular complexity index is 576. The summed E-state index contributed by atoms with van der Waals surface area (Å²) in [5.41, 5.74) is 5.41. The van der Waals surface area contributed by atoms with E-state index in [1.807, 2.05) is 41.5 Å². The van der Waals surface area contributed by atoms with E-state index in [1.54, 1.807) is 0 Å². The Hall–Kier alpha value is -2.22. The van der Waals surface area contributed by atoms with Gasteiger partial charge in [0.25, 0.3) is 5.91 Å². The molecule has 194 valence electrons. The maximum Gasteiger partial charge on any atom is 0.289 e. The van der Waals surface area contributed by atoms with Gasteiger partial charge in [-0.25, -0.2) is 0 Å². The van der Waals surface area contributed by atoms with Gasteiger partial charge in [0, 0.05) is 13.1 Å². The van der Waals surface area contributed by atoms with Gasteiger partial charge >= 0.3 is 0 Å². The predicted octanol–water partition coefficient (Wildman–Crippen LogP) is 3.05. The van der Waals surface area contributed by atoms with Crippen LogP contribution < -0.4 is 16.4 Å². The van der Waals surface area contributed by atoms with Gasteiger partial charge in [-0.3, -0.25) is 19.2 Å². The third kappa shape index (κ3) is 14.5. The number of Topliss-reactive ketones (excluding diaryl/α,β-unsaturated/α-hetero) is 1. The second-order valence-electron chi connectivity index (χ2n) is 7.95. The molecule has 8 heteroatoms. The van der Waals surface area contributed by atoms with Gasteiger partial charge in [0.15, 0.2) is 0 Å². The van der Waals surface area contributed by atoms with Gasteiger partial charge in [0.1, 0.15) is 6.04 Å². The van der Waals surface area contributed by atoms with Gasteiger partial charge in [0.2, 0.25) is 17.6 Å². The van der Waals surface area contributed by atoms with Crippen LogP contribution in [0.4, 0.5) is 0 Å². The Morgan fingerprint density at radius 2 is 1.64 bits per heavy atom. The molecule has 8 nitrogen and oxygen atoms in total. The van der Waals surface area contributed by atoms with Crippen LogP contribution in [0, 0.1) is 11.8 Å². The van der Waals surface area contributed by atoms with Crippen LogP contribution in [0.25, 0.3) is 0 Å². The fourth-order valence-corrected chi connectivity index (χ4v) is 2.97. The Morgan fingerprint density at radius 3 is 2.06 bits per heavy atom. The molecule has 1 aliphatic heterocycles. The maximum absolute atomic E-state index is 12.7. The second-order valence-corrected chi connectivity index (χ2v) is 7.95. The Labute approximate surface area is 202 Å². The molecule has 0 radical (unpaired) electrons. The summed E-state index contributed by atoms with van der Waals surface area (Å²) < 4.78 is 0. The second kappa shape index (κ2) is 21.6. The molecule has 1 aliphatic rings. The Morgan fingerprint density at radius 1 is 1.12 bits per heavy atom. The number of nitrogens with two attached hydrogens (primary N) is 1. The normalized spacial score (nSPS) is 17.1. The van der Waals surface area contributed by atoms with Crippen molar-refractivity contribution in [2.24, 2.45) is 17.6 Å². The molecule has 3 amide bonds. The maximum atomic E-state index is 12.7. The first kappa shape index (κ1) is 35.4. The van der Waals surface area contributed by atoms with Crippen LogP contribution in [0.1, 0.15) is 81.6 Å². The minimum absolute atomic E-state index is 0.0394. The fourth-order valence-electron chi connectivity index (χ4n) is 2.97. The average molecular weight is 471 g/mol. The number of likely N-dealkylation sites (tertiary alicyclic amines) is 1. The summed E-state index contributed by atoms with van der Waals surface area (Å²) in [6, 6.07) is -1.58. The highest BCUT2D eigenvalue weighted by Gasteiger charge is 2.40. The lowest BCUT2D eigenvalue weighted by Gasteiger charge is -2.27. The van der Waals surface area contributed by atoms with E-state index >= 15 is 0 Å². The molecule has 33 heavy (non-hydrogen) atoms. The first-order valence-corrected chi connectivity index (χ1v) is 12.3. The van der Waals surface area contributed by atoms with Crippen molar-refractivity contribution in [1.29, 1.82) is 0 Å². The molecule has 1 rings (SSSR count). The zero-order valence-corrected chi connectivity index (χ0v) is 22.5. The van der Waals surface area contributed by atoms with Crippen molar-refractivity contribution in [3.63, 3.8) is 0 Å². The lowest BCUT2D eigenvalue weighted by Crippen LogP contribution is -2.55. The van der Waals surface area contributed by atoms with Crippen molar-refractivity contribution in [1.82, 2.24) is 15.5 Å². The largest absolute Gasteiger partial charge is 0.346 e. The van der Waals surface area contributed by atoms with E-state index in [1.165, 1.54) is 11.0 Å². The lowest BCUT2D eigenvalue weighted by atomic mass is 10.00. The molecule has 0 spiro atoms. The molecule has 0 aromatic heterocycles. The zero-order valence-electron chi connectivity index (χ0n) is 22.5. The topological polar surface area (TPSA) is 122 Å². The van der Waals surface area contributed by atoms with Gasteiger partial charge in [-0.15, -0.1) is 6.58 Å². The minimum Gasteiger partial charge on any atom is -0.346 e. The first-order chi connectivity index (χ1) is 15.6. The van der Waals surface area contributed by atoms with Crippen LogP contribution in [-0.2, 0) is 19.2 Å². The van der Waals surface area contributed by atoms with Crippen molar-refractivity contribution in [2.75, 3.05) is 19.6 Å². The molecule has 0 aromatic carbocycles. The standard InChI is InChI=1S/C17H28N4O4.C4H10.2C2H6/c1-4-6-12(15(23)17(25)19-8-5-2)20-16(24)14-11(3)7-9-21(14)13(22)10-18;1-4(2)3;2*1-2/h5,11-12,14H,2,4,6-10,18H2,1,3H3,(H,19,25)(H,20,24);4H,1-3H3;2*1-2H3. The summed E-state index contributed by atoms with van der Waals surface area (Å²) >= 11 is 0. The molecule has 0 aliphatic carbocycles. The SMILES string of the molecule is C=CCNC(=O)C(=O)C(CCC)NC(=O)C1C(C)CCN1C(=O)CN.CC.CC.CC(C)C. The monoisotopic (exact) mass is 470 g/mol. The van der Waals surface area contributed by atoms with E-state index in [4.69, 9.17) is 5.73 Å². The number of hydrogen-bond acceptors (Lipinski definition) is 5. The average Bonchev–Trinajstić information content (AvgIpc) is 3.19. The summed E-state index contributed by atoms with van der Waals surface area (Å²) in [6.07, 6.45) is 3.13. The molecule has 3 atom stereocenters. The number of ketones is 1. The van der Waals surface area contributed by atoms with E-state index in [-0.39, 0.29) is 24.9 Å². The van der Waals surface area contributed by atoms with E-state index in [0.717, 1.165) is 5.92 Å². The number of nitrogens with one attached hydrogen (secondary N) is 2. The summed E-state index contributed by atoms with van der Waals surface area (Å²) in [5.74, 6) is -1.38. The van der Waals surface area contributed by atoms with Crippen LogP contribution in [0.3, 0.4) is 0 Å². The molecule has 1 heterocycles. The lowest BCUT2D eigenvalue weighted by molar-refractivity contribution is -0.142. The number of amides is 3. The number of rotatable bonds is 9. The molecule has 3 unspecified atom stereocenters. The van der Waals surface area contributed by atoms with Gasteiger partial charge in [-0.05, 0) is 24.7 Å². The summed E-state index contributed by atoms with van der Waals surface area (Å²) in [7, 11) is 0. The van der Waals surface area contributed by atoms with Crippen molar-refractivity contribution in [2.45, 2.75) is 93.7 Å². The number of carbonyl (C=O) groups is 4. The third-order valence-corrected chi connectivity index (χ3v) is 4.30. The van der Waals surface area contributed by atoms with Gasteiger partial charge in [0.05, 0.1) is 12.6 Å². The van der Waals surface area contributed by atoms with Gasteiger partial charge < -0.3 is 21.3 Å². The van der Waals surface area contributed by atoms with Crippen LogP contribution in [0.15, 0.2) is 12.7 Å². The summed E-state index contributed by atoms with van der Waals surface area (Å²) in [4.78, 5) is 50.2. The molecule has 1 fully saturated rings. The quantitative estimate of drug-likeness (QED) is 0.353. The highest BCUT2D eigenvalue weighted by Crippen LogP contribution is 2.24. The van der Waals surface area contributed by atoms with Crippen molar-refractivity contribution in [3.05, 3.63) is 12.7 Å². The Balaban J connectivity index is -0.000000988. The number of carbonyl (C=O) groups excluding carboxylic acids is 4. The molecule has 0 saturated carbocycles. The van der Waals surface area contributed by atoms with Gasteiger partial charge in [-0.1, -0.05) is 74.8 Å². The minimum atomic E-state index is -0.912. The van der Waals surface area contributed by atoms with Crippen molar-refractivity contribution < 1.29 is 19.2 Å². The van der Waals surface area contributed by atoms with E-state index in [2.05, 4.69) is 38.0 Å². The van der Waals surface area contributed by atoms with E-state index < -0.39 is 29.7 Å². The molecular weight excluding hydrogens is 420 g/mol. The summed E-state index contributed by atoms with van der Waals surface area (Å²) in [5, 5.41) is 5.07. The predicted molar refractivity (Wildman–Crippen MR) is 137 cm³/mol. The highest BCUT2D eigenvalue weighted by molar-refractivity contribution is 6.38. The van der Waals surface area contributed by atoms with Gasteiger partial charge in [-0.2, -0.15) is 0 Å². The highest BCUT2D eigenvalue weighted by atomic mass is 16.2. The van der Waals surface area contributed by atoms with Crippen LogP contribution >= 0.6 is 0 Å². The third-order valence-electron chi connectivity index (χ3n) is 4.30. The van der Waals surface area contributed by atoms with Crippen molar-refractivity contribution >= 4 is 23.5 Å². The smallest absolute Gasteiger partial charge is 0.289 e. The molecule has 0 bridgehead atoms. The van der Waals surface area contributed by atoms with Crippen LogP contribution in [-0.4, -0.2) is 60.1 Å². The number of hydrogen-bond donors (Lipinski definition) is 3. The van der Waals surface area contributed by atoms with E-state index in [9.17, 15) is 19.2 Å². The van der Waals surface area contributed by atoms with Crippen LogP contribution in [0.2, 0.25) is 0 Å². The molecule has 4 N–H and O–H groups in total. The number of nitrogens with zero attached hydrogens (tertiary/aromatic N) is 1. The van der Waals surface area contributed by atoms with Crippen LogP contribution in [0.5, 0.6) is 0 Å². The Kier molecular flexibility index (Phi) is 23.2. The first-order valence-electron chi connectivity index (χ1n) is 12.3. The summed E-state index contributed by atoms with van der Waals surface area (Å²) in [6.45, 7) is 22.2. The van der Waals surface area contributed by atoms with E-state index in [0.29, 0.717) is 25.8 Å². The molecular formula is C25H50N4O4. The molecule has 0 aromatic rings. The fraction of sp³-hybridized carbons (Fsp3) is 0.760. The van der Waals surface area contributed by atoms with Crippen molar-refractivity contribution in [3.8, 4) is 0 Å².